The summed E-state index contributed by atoms with van der Waals surface area (Å²) in [7, 11) is 0. The Morgan fingerprint density at radius 3 is 2.64 bits per heavy atom. The van der Waals surface area contributed by atoms with Gasteiger partial charge in [-0.25, -0.2) is 4.39 Å². The van der Waals surface area contributed by atoms with E-state index in [1.165, 1.54) is 25.0 Å². The number of carbonyl (C=O) groups is 1. The van der Waals surface area contributed by atoms with Crippen LogP contribution >= 0.6 is 12.4 Å². The molecule has 0 aromatic heterocycles. The number of hydrogen-bond acceptors (Lipinski definition) is 4. The molecule has 25 heavy (non-hydrogen) atoms. The van der Waals surface area contributed by atoms with E-state index in [0.717, 1.165) is 19.6 Å². The predicted molar refractivity (Wildman–Crippen MR) is 95.4 cm³/mol. The standard InChI is InChI=1S/C18H25FN2O3.ClH/c19-14-3-5-15(6-4-14)24-10-8-21-11-16(13-1-2-13)17(12-21)20-18(23)7-9-22;/h3-6,13,16-17,22H,1-2,7-12H2,(H,20,23);1H/t16-,17+;/m1./s1. The van der Waals surface area contributed by atoms with Crippen LogP contribution in [0.4, 0.5) is 4.39 Å². The van der Waals surface area contributed by atoms with Gasteiger partial charge in [0.2, 0.25) is 5.91 Å². The normalized spacial score (nSPS) is 23.1. The van der Waals surface area contributed by atoms with Crippen molar-refractivity contribution in [2.45, 2.75) is 25.3 Å². The van der Waals surface area contributed by atoms with Crippen LogP contribution < -0.4 is 10.1 Å². The van der Waals surface area contributed by atoms with Gasteiger partial charge in [0, 0.05) is 32.1 Å². The maximum atomic E-state index is 12.9. The van der Waals surface area contributed by atoms with Crippen LogP contribution in [0.5, 0.6) is 5.75 Å². The summed E-state index contributed by atoms with van der Waals surface area (Å²) in [6.07, 6.45) is 2.66. The Morgan fingerprint density at radius 1 is 1.28 bits per heavy atom. The Hall–Kier alpha value is -1.37. The van der Waals surface area contributed by atoms with E-state index in [0.29, 0.717) is 24.2 Å². The molecule has 1 aliphatic heterocycles. The number of aliphatic hydroxyl groups is 1. The molecule has 3 rings (SSSR count). The third kappa shape index (κ3) is 5.83. The molecule has 2 atom stereocenters. The van der Waals surface area contributed by atoms with E-state index in [-0.39, 0.29) is 43.2 Å². The number of nitrogens with zero attached hydrogens (tertiary/aromatic N) is 1. The van der Waals surface area contributed by atoms with Gasteiger partial charge in [0.1, 0.15) is 18.2 Å². The van der Waals surface area contributed by atoms with E-state index >= 15 is 0 Å². The molecule has 1 aromatic carbocycles. The minimum atomic E-state index is -0.268. The van der Waals surface area contributed by atoms with Gasteiger partial charge in [0.25, 0.3) is 0 Å². The number of rotatable bonds is 8. The lowest BCUT2D eigenvalue weighted by Gasteiger charge is -2.19. The SMILES string of the molecule is Cl.O=C(CCO)N[C@H]1CN(CCOc2ccc(F)cc2)C[C@@H]1C1CC1. The van der Waals surface area contributed by atoms with Crippen molar-refractivity contribution in [1.82, 2.24) is 10.2 Å². The van der Waals surface area contributed by atoms with E-state index < -0.39 is 0 Å². The summed E-state index contributed by atoms with van der Waals surface area (Å²) in [5.41, 5.74) is 0. The van der Waals surface area contributed by atoms with Gasteiger partial charge in [0.15, 0.2) is 0 Å². The van der Waals surface area contributed by atoms with E-state index in [9.17, 15) is 9.18 Å². The van der Waals surface area contributed by atoms with Gasteiger partial charge in [-0.05, 0) is 48.9 Å². The van der Waals surface area contributed by atoms with Gasteiger partial charge < -0.3 is 15.2 Å². The van der Waals surface area contributed by atoms with E-state index in [2.05, 4.69) is 10.2 Å². The highest BCUT2D eigenvalue weighted by atomic mass is 35.5. The molecule has 2 fully saturated rings. The third-order valence-electron chi connectivity index (χ3n) is 4.84. The first-order valence-electron chi connectivity index (χ1n) is 8.66. The second-order valence-electron chi connectivity index (χ2n) is 6.71. The number of benzene rings is 1. The first-order valence-corrected chi connectivity index (χ1v) is 8.66. The minimum Gasteiger partial charge on any atom is -0.492 e. The zero-order valence-electron chi connectivity index (χ0n) is 14.2. The van der Waals surface area contributed by atoms with Crippen LogP contribution in [0.1, 0.15) is 19.3 Å². The first kappa shape index (κ1) is 19.9. The van der Waals surface area contributed by atoms with Crippen molar-refractivity contribution in [3.63, 3.8) is 0 Å². The summed E-state index contributed by atoms with van der Waals surface area (Å²) in [6, 6.07) is 6.21. The Balaban J connectivity index is 0.00000225. The van der Waals surface area contributed by atoms with Crippen molar-refractivity contribution in [2.24, 2.45) is 11.8 Å². The highest BCUT2D eigenvalue weighted by molar-refractivity contribution is 5.85. The van der Waals surface area contributed by atoms with E-state index in [4.69, 9.17) is 9.84 Å². The molecular weight excluding hydrogens is 347 g/mol. The minimum absolute atomic E-state index is 0. The van der Waals surface area contributed by atoms with Crippen molar-refractivity contribution >= 4 is 18.3 Å². The number of ether oxygens (including phenoxy) is 1. The molecule has 1 amide bonds. The van der Waals surface area contributed by atoms with Gasteiger partial charge in [-0.3, -0.25) is 9.69 Å². The van der Waals surface area contributed by atoms with Crippen LogP contribution in [0, 0.1) is 17.7 Å². The fraction of sp³-hybridized carbons (Fsp3) is 0.611. The Morgan fingerprint density at radius 2 is 2.00 bits per heavy atom. The molecule has 2 N–H and O–H groups in total. The molecule has 1 saturated carbocycles. The van der Waals surface area contributed by atoms with Crippen LogP contribution in [-0.2, 0) is 4.79 Å². The lowest BCUT2D eigenvalue weighted by molar-refractivity contribution is -0.122. The number of carbonyl (C=O) groups excluding carboxylic acids is 1. The molecular formula is C18H26ClFN2O3. The van der Waals surface area contributed by atoms with E-state index in [1.54, 1.807) is 12.1 Å². The van der Waals surface area contributed by atoms with Gasteiger partial charge in [-0.2, -0.15) is 0 Å². The maximum absolute atomic E-state index is 12.9. The molecule has 1 aromatic rings. The van der Waals surface area contributed by atoms with Gasteiger partial charge in [-0.1, -0.05) is 0 Å². The molecule has 0 unspecified atom stereocenters. The lowest BCUT2D eigenvalue weighted by Crippen LogP contribution is -2.41. The molecule has 0 radical (unpaired) electrons. The molecule has 0 bridgehead atoms. The molecule has 7 heteroatoms. The summed E-state index contributed by atoms with van der Waals surface area (Å²) in [4.78, 5) is 14.1. The van der Waals surface area contributed by atoms with Gasteiger partial charge in [-0.15, -0.1) is 12.4 Å². The van der Waals surface area contributed by atoms with Crippen molar-refractivity contribution in [3.8, 4) is 5.75 Å². The molecule has 0 spiro atoms. The Labute approximate surface area is 153 Å². The summed E-state index contributed by atoms with van der Waals surface area (Å²) >= 11 is 0. The number of halogens is 2. The molecule has 140 valence electrons. The number of amides is 1. The number of likely N-dealkylation sites (tertiary alicyclic amines) is 1. The lowest BCUT2D eigenvalue weighted by atomic mass is 9.98. The smallest absolute Gasteiger partial charge is 0.222 e. The number of aliphatic hydroxyl groups excluding tert-OH is 1. The number of hydrogen-bond donors (Lipinski definition) is 2. The van der Waals surface area contributed by atoms with Crippen molar-refractivity contribution in [1.29, 1.82) is 0 Å². The second-order valence-corrected chi connectivity index (χ2v) is 6.71. The molecule has 2 aliphatic rings. The van der Waals surface area contributed by atoms with Crippen molar-refractivity contribution in [2.75, 3.05) is 32.8 Å². The van der Waals surface area contributed by atoms with Crippen LogP contribution in [0.2, 0.25) is 0 Å². The monoisotopic (exact) mass is 372 g/mol. The quantitative estimate of drug-likeness (QED) is 0.731. The molecule has 5 nitrogen and oxygen atoms in total. The van der Waals surface area contributed by atoms with Crippen LogP contribution in [0.3, 0.4) is 0 Å². The largest absolute Gasteiger partial charge is 0.492 e. The first-order chi connectivity index (χ1) is 11.7. The zero-order valence-corrected chi connectivity index (χ0v) is 15.0. The fourth-order valence-electron chi connectivity index (χ4n) is 3.45. The Kier molecular flexibility index (Phi) is 7.47. The van der Waals surface area contributed by atoms with Crippen molar-refractivity contribution < 1.29 is 19.0 Å². The second kappa shape index (κ2) is 9.36. The van der Waals surface area contributed by atoms with Crippen molar-refractivity contribution in [3.05, 3.63) is 30.1 Å². The van der Waals surface area contributed by atoms with Gasteiger partial charge in [0.05, 0.1) is 6.61 Å². The van der Waals surface area contributed by atoms with E-state index in [1.807, 2.05) is 0 Å². The van der Waals surface area contributed by atoms with Crippen LogP contribution in [0.15, 0.2) is 24.3 Å². The summed E-state index contributed by atoms with van der Waals surface area (Å²) in [5.74, 6) is 1.54. The highest BCUT2D eigenvalue weighted by Gasteiger charge is 2.42. The summed E-state index contributed by atoms with van der Waals surface area (Å²) in [6.45, 7) is 3.02. The maximum Gasteiger partial charge on any atom is 0.222 e. The predicted octanol–water partition coefficient (Wildman–Crippen LogP) is 1.84. The average molecular weight is 373 g/mol. The van der Waals surface area contributed by atoms with Crippen LogP contribution in [-0.4, -0.2) is 54.8 Å². The molecule has 1 saturated heterocycles. The average Bonchev–Trinajstić information content (AvgIpc) is 3.32. The fourth-order valence-corrected chi connectivity index (χ4v) is 3.45. The third-order valence-corrected chi connectivity index (χ3v) is 4.84. The summed E-state index contributed by atoms with van der Waals surface area (Å²) < 4.78 is 18.5. The molecule has 1 heterocycles. The topological polar surface area (TPSA) is 61.8 Å². The Bertz CT molecular complexity index is 554. The highest BCUT2D eigenvalue weighted by Crippen LogP contribution is 2.41. The number of nitrogens with one attached hydrogen (secondary N) is 1. The van der Waals surface area contributed by atoms with Gasteiger partial charge >= 0.3 is 0 Å². The summed E-state index contributed by atoms with van der Waals surface area (Å²) in [5, 5.41) is 12.0. The molecule has 1 aliphatic carbocycles. The van der Waals surface area contributed by atoms with Crippen LogP contribution in [0.25, 0.3) is 0 Å². The zero-order chi connectivity index (χ0) is 16.9.